The second-order valence-electron chi connectivity index (χ2n) is 5.71. The van der Waals surface area contributed by atoms with Crippen molar-refractivity contribution in [1.82, 2.24) is 10.6 Å². The monoisotopic (exact) mass is 313 g/mol. The minimum atomic E-state index is 0.752. The Labute approximate surface area is 142 Å². The van der Waals surface area contributed by atoms with E-state index in [0.29, 0.717) is 0 Å². The van der Waals surface area contributed by atoms with Crippen LogP contribution in [0.1, 0.15) is 41.5 Å². The van der Waals surface area contributed by atoms with Crippen molar-refractivity contribution in [3.05, 3.63) is 71.3 Å². The van der Waals surface area contributed by atoms with Gasteiger partial charge in [-0.2, -0.15) is 0 Å². The highest BCUT2D eigenvalue weighted by Crippen LogP contribution is 2.17. The Bertz CT molecular complexity index is 611. The second kappa shape index (κ2) is 9.67. The summed E-state index contributed by atoms with van der Waals surface area (Å²) in [5.41, 5.74) is 7.31. The molecule has 0 amide bonds. The van der Waals surface area contributed by atoms with Gasteiger partial charge in [0.15, 0.2) is 0 Å². The summed E-state index contributed by atoms with van der Waals surface area (Å²) in [7, 11) is 1.89. The molecule has 0 aliphatic rings. The van der Waals surface area contributed by atoms with E-state index in [0.717, 1.165) is 39.5 Å². The third-order valence-corrected chi connectivity index (χ3v) is 3.82. The molecule has 0 aliphatic heterocycles. The SMILES string of the molecule is C=C/N=C(N/C(=C/C(C)=C(\C)C(=C)C)C(=C)C)\C(C)=C(/C)NC. The van der Waals surface area contributed by atoms with E-state index in [9.17, 15) is 0 Å². The first-order valence-electron chi connectivity index (χ1n) is 7.67. The lowest BCUT2D eigenvalue weighted by molar-refractivity contribution is 0.965. The van der Waals surface area contributed by atoms with Gasteiger partial charge >= 0.3 is 0 Å². The fraction of sp³-hybridized carbons (Fsp3) is 0.350. The highest BCUT2D eigenvalue weighted by Gasteiger charge is 2.09. The van der Waals surface area contributed by atoms with Gasteiger partial charge in [0, 0.05) is 30.2 Å². The third kappa shape index (κ3) is 6.55. The summed E-state index contributed by atoms with van der Waals surface area (Å²) in [4.78, 5) is 4.36. The molecule has 0 spiro atoms. The normalized spacial score (nSPS) is 14.6. The van der Waals surface area contributed by atoms with Crippen molar-refractivity contribution in [3.8, 4) is 0 Å². The summed E-state index contributed by atoms with van der Waals surface area (Å²) in [6.45, 7) is 23.9. The van der Waals surface area contributed by atoms with E-state index >= 15 is 0 Å². The Hall–Kier alpha value is -2.29. The second-order valence-corrected chi connectivity index (χ2v) is 5.71. The van der Waals surface area contributed by atoms with E-state index in [1.807, 2.05) is 34.7 Å². The number of allylic oxidation sites excluding steroid dienone is 6. The van der Waals surface area contributed by atoms with Crippen LogP contribution in [0, 0.1) is 0 Å². The molecule has 3 nitrogen and oxygen atoms in total. The zero-order chi connectivity index (χ0) is 18.2. The van der Waals surface area contributed by atoms with Crippen molar-refractivity contribution in [2.24, 2.45) is 4.99 Å². The molecule has 0 atom stereocenters. The molecule has 0 saturated carbocycles. The molecule has 0 unspecified atom stereocenters. The summed E-state index contributed by atoms with van der Waals surface area (Å²) >= 11 is 0. The van der Waals surface area contributed by atoms with Crippen LogP contribution in [0.5, 0.6) is 0 Å². The maximum absolute atomic E-state index is 4.36. The van der Waals surface area contributed by atoms with Gasteiger partial charge in [-0.15, -0.1) is 0 Å². The first-order valence-corrected chi connectivity index (χ1v) is 7.67. The first-order chi connectivity index (χ1) is 10.6. The minimum absolute atomic E-state index is 0.752. The highest BCUT2D eigenvalue weighted by molar-refractivity contribution is 6.00. The summed E-state index contributed by atoms with van der Waals surface area (Å²) in [5, 5.41) is 6.51. The van der Waals surface area contributed by atoms with Gasteiger partial charge in [0.25, 0.3) is 0 Å². The number of nitrogens with one attached hydrogen (secondary N) is 2. The fourth-order valence-corrected chi connectivity index (χ4v) is 1.73. The number of hydrogen-bond donors (Lipinski definition) is 2. The molecule has 0 saturated heterocycles. The maximum atomic E-state index is 4.36. The molecule has 0 aromatic heterocycles. The van der Waals surface area contributed by atoms with Crippen LogP contribution >= 0.6 is 0 Å². The van der Waals surface area contributed by atoms with Crippen LogP contribution in [-0.2, 0) is 0 Å². The van der Waals surface area contributed by atoms with E-state index in [1.165, 1.54) is 11.8 Å². The molecule has 0 aliphatic carbocycles. The number of aliphatic imine (C=N–C) groups is 1. The summed E-state index contributed by atoms with van der Waals surface area (Å²) in [6.07, 6.45) is 3.61. The average molecular weight is 313 g/mol. The molecule has 0 aromatic rings. The van der Waals surface area contributed by atoms with Gasteiger partial charge in [0.05, 0.1) is 0 Å². The maximum Gasteiger partial charge on any atom is 0.134 e. The predicted octanol–water partition coefficient (Wildman–Crippen LogP) is 5.00. The quantitative estimate of drug-likeness (QED) is 0.394. The standard InChI is InChI=1S/C20H31N3/c1-11-22-20(17(8)18(9)21-10)23-19(14(4)5)12-15(6)16(7)13(2)3/h11-12,21H,1-2,4H2,3,5-10H3,(H,22,23)/b16-15+,18-17+,19-12+. The zero-order valence-corrected chi connectivity index (χ0v) is 15.7. The third-order valence-electron chi connectivity index (χ3n) is 3.82. The van der Waals surface area contributed by atoms with Crippen LogP contribution in [0.3, 0.4) is 0 Å². The molecule has 126 valence electrons. The molecule has 0 aromatic carbocycles. The molecule has 0 radical (unpaired) electrons. The lowest BCUT2D eigenvalue weighted by Gasteiger charge is -2.16. The van der Waals surface area contributed by atoms with Crippen molar-refractivity contribution in [2.75, 3.05) is 7.05 Å². The van der Waals surface area contributed by atoms with Crippen LogP contribution in [0.15, 0.2) is 76.3 Å². The van der Waals surface area contributed by atoms with Crippen LogP contribution in [0.4, 0.5) is 0 Å². The van der Waals surface area contributed by atoms with Crippen LogP contribution in [0.2, 0.25) is 0 Å². The molecule has 3 heteroatoms. The Kier molecular flexibility index (Phi) is 8.71. The smallest absolute Gasteiger partial charge is 0.134 e. The van der Waals surface area contributed by atoms with Gasteiger partial charge in [0.1, 0.15) is 5.84 Å². The predicted molar refractivity (Wildman–Crippen MR) is 104 cm³/mol. The van der Waals surface area contributed by atoms with Gasteiger partial charge in [-0.1, -0.05) is 25.3 Å². The largest absolute Gasteiger partial charge is 0.391 e. The summed E-state index contributed by atoms with van der Waals surface area (Å²) in [5.74, 6) is 0.752. The van der Waals surface area contributed by atoms with Crippen LogP contribution in [0.25, 0.3) is 0 Å². The molecule has 0 bridgehead atoms. The lowest BCUT2D eigenvalue weighted by Crippen LogP contribution is -2.26. The number of rotatable bonds is 7. The van der Waals surface area contributed by atoms with Gasteiger partial charge in [0.2, 0.25) is 0 Å². The van der Waals surface area contributed by atoms with Gasteiger partial charge < -0.3 is 10.6 Å². The minimum Gasteiger partial charge on any atom is -0.391 e. The lowest BCUT2D eigenvalue weighted by atomic mass is 10.0. The molecule has 0 fully saturated rings. The van der Waals surface area contributed by atoms with Crippen molar-refractivity contribution < 1.29 is 0 Å². The Balaban J connectivity index is 5.89. The average Bonchev–Trinajstić information content (AvgIpc) is 2.50. The fourth-order valence-electron chi connectivity index (χ4n) is 1.73. The molecular formula is C20H31N3. The van der Waals surface area contributed by atoms with Crippen LogP contribution < -0.4 is 10.6 Å². The van der Waals surface area contributed by atoms with Crippen LogP contribution in [-0.4, -0.2) is 12.9 Å². The van der Waals surface area contributed by atoms with Gasteiger partial charge in [-0.05, 0) is 64.3 Å². The molecular weight excluding hydrogens is 282 g/mol. The Morgan fingerprint density at radius 3 is 1.87 bits per heavy atom. The van der Waals surface area contributed by atoms with Crippen molar-refractivity contribution in [3.63, 3.8) is 0 Å². The zero-order valence-electron chi connectivity index (χ0n) is 15.7. The number of amidine groups is 1. The number of hydrogen-bond acceptors (Lipinski definition) is 2. The summed E-state index contributed by atoms with van der Waals surface area (Å²) < 4.78 is 0. The van der Waals surface area contributed by atoms with E-state index in [-0.39, 0.29) is 0 Å². The van der Waals surface area contributed by atoms with E-state index < -0.39 is 0 Å². The van der Waals surface area contributed by atoms with E-state index in [4.69, 9.17) is 0 Å². The molecule has 2 N–H and O–H groups in total. The van der Waals surface area contributed by atoms with E-state index in [2.05, 4.69) is 55.3 Å². The summed E-state index contributed by atoms with van der Waals surface area (Å²) in [6, 6.07) is 0. The Morgan fingerprint density at radius 1 is 0.913 bits per heavy atom. The van der Waals surface area contributed by atoms with Crippen molar-refractivity contribution >= 4 is 5.84 Å². The topological polar surface area (TPSA) is 36.4 Å². The Morgan fingerprint density at radius 2 is 1.48 bits per heavy atom. The van der Waals surface area contributed by atoms with Crippen molar-refractivity contribution in [2.45, 2.75) is 41.5 Å². The highest BCUT2D eigenvalue weighted by atomic mass is 15.0. The molecule has 0 rings (SSSR count). The van der Waals surface area contributed by atoms with Gasteiger partial charge in [-0.25, -0.2) is 4.99 Å². The van der Waals surface area contributed by atoms with E-state index in [1.54, 1.807) is 0 Å². The van der Waals surface area contributed by atoms with Crippen molar-refractivity contribution in [1.29, 1.82) is 0 Å². The molecule has 23 heavy (non-hydrogen) atoms. The number of nitrogens with zero attached hydrogens (tertiary/aromatic N) is 1. The van der Waals surface area contributed by atoms with Gasteiger partial charge in [-0.3, -0.25) is 0 Å². The first kappa shape index (κ1) is 20.7. The molecule has 0 heterocycles.